The molecule has 3 fully saturated rings. The van der Waals surface area contributed by atoms with Crippen LogP contribution in [0.15, 0.2) is 132 Å². The topological polar surface area (TPSA) is 18.5 Å². The molecule has 1 aliphatic heterocycles. The second-order valence-electron chi connectivity index (χ2n) is 10.3. The monoisotopic (exact) mass is 694 g/mol. The molecule has 2 aliphatic carbocycles. The van der Waals surface area contributed by atoms with Crippen molar-refractivity contribution in [1.29, 1.82) is 0 Å². The van der Waals surface area contributed by atoms with E-state index < -0.39 is 15.2 Å². The molecule has 5 heteroatoms. The fraction of sp³-hybridized carbons (Fsp3) is 0.0500. The van der Waals surface area contributed by atoms with Crippen LogP contribution in [0.4, 0.5) is 0 Å². The van der Waals surface area contributed by atoms with Crippen LogP contribution in [0.25, 0.3) is 0 Å². The zero-order valence-corrected chi connectivity index (χ0v) is 30.1. The Morgan fingerprint density at radius 2 is 0.556 bits per heavy atom. The van der Waals surface area contributed by atoms with Crippen LogP contribution < -0.4 is 20.7 Å². The van der Waals surface area contributed by atoms with E-state index in [-0.39, 0.29) is 26.2 Å². The van der Waals surface area contributed by atoms with E-state index in [4.69, 9.17) is 9.47 Å². The molecule has 0 atom stereocenters. The molecule has 2 saturated carbocycles. The summed E-state index contributed by atoms with van der Waals surface area (Å²) in [7, 11) is -1.97. The summed E-state index contributed by atoms with van der Waals surface area (Å²) in [5.41, 5.74) is 0. The second-order valence-corrected chi connectivity index (χ2v) is 21.1. The van der Waals surface area contributed by atoms with Crippen molar-refractivity contribution in [1.82, 2.24) is 0 Å². The predicted molar refractivity (Wildman–Crippen MR) is 186 cm³/mol. The van der Waals surface area contributed by atoms with E-state index in [9.17, 15) is 0 Å². The molecule has 218 valence electrons. The first-order valence-corrected chi connectivity index (χ1v) is 19.7. The third-order valence-corrected chi connectivity index (χ3v) is 24.6. The van der Waals surface area contributed by atoms with Gasteiger partial charge >= 0.3 is 26.2 Å². The molecule has 7 rings (SSSR count). The van der Waals surface area contributed by atoms with E-state index in [0.717, 1.165) is 10.4 Å². The van der Waals surface area contributed by atoms with E-state index in [2.05, 4.69) is 134 Å². The zero-order chi connectivity index (χ0) is 30.5. The molecule has 2 nitrogen and oxygen atoms in total. The summed E-state index contributed by atoms with van der Waals surface area (Å²) in [6, 6.07) is 43.8. The largest absolute Gasteiger partial charge is 4.00 e. The van der Waals surface area contributed by atoms with Crippen molar-refractivity contribution in [2.45, 2.75) is 0 Å². The molecule has 0 amide bonds. The SMILES string of the molecule is CO[C-]=C1C(=[C-]OC)[Si](c2ccccc2)(c2ccccc2)[Si]1(c1ccccc1)c1ccccc1.[CH]1[CH][CH][CH][CH]1.[CH]1[CH][CH][CH][CH]1.[Zr+4]. The number of hydrogen-bond acceptors (Lipinski definition) is 2. The van der Waals surface area contributed by atoms with Gasteiger partial charge in [0.1, 0.15) is 0 Å². The summed E-state index contributed by atoms with van der Waals surface area (Å²) in [6.45, 7) is 0. The Morgan fingerprint density at radius 3 is 0.733 bits per heavy atom. The molecular weight excluding hydrogens is 660 g/mol. The van der Waals surface area contributed by atoms with Crippen molar-refractivity contribution in [2.75, 3.05) is 14.2 Å². The number of allylic oxidation sites excluding steroid dienone is 2. The average molecular weight is 696 g/mol. The van der Waals surface area contributed by atoms with Crippen LogP contribution in [0, 0.1) is 76.7 Å². The number of benzene rings is 4. The molecule has 4 aromatic rings. The standard InChI is InChI=1S/C30H26O2Si2.2C5H5.Zr/c1-31-23-29-30(24-32-2)34(27-19-11-5-12-20-27,28-21-13-6-14-22-28)33(29,25-15-7-3-8-16-25)26-17-9-4-10-18-26;2*1-2-4-5-3-1;/h3-22H,1-2H3;2*1-5H;/q-2;;;+4. The number of rotatable bonds is 6. The molecule has 3 aliphatic rings. The van der Waals surface area contributed by atoms with Gasteiger partial charge < -0.3 is 19.9 Å². The third-order valence-electron chi connectivity index (χ3n) is 7.91. The van der Waals surface area contributed by atoms with Gasteiger partial charge in [0, 0.05) is 29.4 Å². The molecule has 0 N–H and O–H groups in total. The molecule has 0 bridgehead atoms. The average Bonchev–Trinajstić information content (AvgIpc) is 3.88. The number of methoxy groups -OCH3 is 2. The Kier molecular flexibility index (Phi) is 13.9. The normalized spacial score (nSPS) is 19.2. The molecule has 1 heterocycles. The Bertz CT molecular complexity index is 1260. The molecule has 1 saturated heterocycles. The molecule has 4 aromatic carbocycles. The van der Waals surface area contributed by atoms with Crippen LogP contribution in [0.3, 0.4) is 0 Å². The summed E-state index contributed by atoms with van der Waals surface area (Å²) < 4.78 is 11.3. The minimum absolute atomic E-state index is 0. The summed E-state index contributed by atoms with van der Waals surface area (Å²) in [5, 5.41) is 7.61. The van der Waals surface area contributed by atoms with Gasteiger partial charge in [-0.3, -0.25) is 0 Å². The van der Waals surface area contributed by atoms with E-state index in [1.54, 1.807) is 14.2 Å². The van der Waals surface area contributed by atoms with Gasteiger partial charge in [0.25, 0.3) is 0 Å². The van der Waals surface area contributed by atoms with Gasteiger partial charge in [-0.2, -0.15) is 12.5 Å². The van der Waals surface area contributed by atoms with Crippen molar-refractivity contribution in [3.63, 3.8) is 0 Å². The van der Waals surface area contributed by atoms with Crippen molar-refractivity contribution in [3.8, 4) is 0 Å². The van der Waals surface area contributed by atoms with Crippen LogP contribution >= 0.6 is 0 Å². The van der Waals surface area contributed by atoms with Crippen LogP contribution in [-0.4, -0.2) is 29.4 Å². The zero-order valence-electron chi connectivity index (χ0n) is 25.6. The van der Waals surface area contributed by atoms with Crippen LogP contribution in [0.5, 0.6) is 0 Å². The maximum atomic E-state index is 5.64. The Labute approximate surface area is 292 Å². The summed E-state index contributed by atoms with van der Waals surface area (Å²) in [6.07, 6.45) is 26.7. The first-order chi connectivity index (χ1) is 21.8. The van der Waals surface area contributed by atoms with Gasteiger partial charge in [0.2, 0.25) is 0 Å². The summed E-state index contributed by atoms with van der Waals surface area (Å²) in [5.74, 6) is 0. The first kappa shape index (κ1) is 35.1. The second kappa shape index (κ2) is 17.8. The number of ether oxygens (including phenoxy) is 2. The molecule has 10 radical (unpaired) electrons. The molecule has 0 spiro atoms. The number of hydrogen-bond donors (Lipinski definition) is 0. The minimum Gasteiger partial charge on any atom is -0.615 e. The Hall–Kier alpha value is -2.72. The first-order valence-electron chi connectivity index (χ1n) is 14.7. The van der Waals surface area contributed by atoms with Gasteiger partial charge in [-0.25, -0.2) is 0 Å². The molecule has 0 unspecified atom stereocenters. The predicted octanol–water partition coefficient (Wildman–Crippen LogP) is 5.39. The van der Waals surface area contributed by atoms with Gasteiger partial charge in [-0.15, -0.1) is 0 Å². The van der Waals surface area contributed by atoms with Gasteiger partial charge in [0.15, 0.2) is 0 Å². The van der Waals surface area contributed by atoms with Crippen LogP contribution in [-0.2, 0) is 35.7 Å². The van der Waals surface area contributed by atoms with Crippen molar-refractivity contribution in [3.05, 3.63) is 208 Å². The maximum absolute atomic E-state index is 5.64. The van der Waals surface area contributed by atoms with E-state index in [1.807, 2.05) is 64.2 Å². The minimum atomic E-state index is -2.67. The fourth-order valence-electron chi connectivity index (χ4n) is 6.32. The van der Waals surface area contributed by atoms with Crippen molar-refractivity contribution < 1.29 is 35.7 Å². The molecule has 45 heavy (non-hydrogen) atoms. The van der Waals surface area contributed by atoms with Crippen LogP contribution in [0.1, 0.15) is 0 Å². The van der Waals surface area contributed by atoms with Gasteiger partial charge in [0.05, 0.1) is 0 Å². The smallest absolute Gasteiger partial charge is 0.615 e. The third kappa shape index (κ3) is 7.16. The van der Waals surface area contributed by atoms with Gasteiger partial charge in [-0.05, 0) is 64.2 Å². The van der Waals surface area contributed by atoms with E-state index >= 15 is 0 Å². The van der Waals surface area contributed by atoms with E-state index in [0.29, 0.717) is 0 Å². The van der Waals surface area contributed by atoms with Crippen LogP contribution in [0.2, 0.25) is 0 Å². The van der Waals surface area contributed by atoms with Crippen molar-refractivity contribution in [2.24, 2.45) is 0 Å². The fourth-order valence-corrected chi connectivity index (χ4v) is 25.5. The van der Waals surface area contributed by atoms with Gasteiger partial charge in [-0.1, -0.05) is 142 Å². The summed E-state index contributed by atoms with van der Waals surface area (Å²) in [4.78, 5) is 0. The van der Waals surface area contributed by atoms with E-state index in [1.165, 1.54) is 20.7 Å². The van der Waals surface area contributed by atoms with Crippen molar-refractivity contribution >= 4 is 35.9 Å². The Balaban J connectivity index is 0.000000356. The Morgan fingerprint density at radius 1 is 0.356 bits per heavy atom. The maximum Gasteiger partial charge on any atom is 4.00 e. The molecule has 0 aromatic heterocycles. The molecular formula is C40H36O2Si2Zr+2. The quantitative estimate of drug-likeness (QED) is 0.153. The summed E-state index contributed by atoms with van der Waals surface area (Å²) >= 11 is 0.